The Labute approximate surface area is 175 Å². The van der Waals surface area contributed by atoms with Gasteiger partial charge in [-0.3, -0.25) is 4.79 Å². The van der Waals surface area contributed by atoms with Crippen molar-refractivity contribution in [1.29, 1.82) is 0 Å². The molecule has 29 heavy (non-hydrogen) atoms. The Bertz CT molecular complexity index is 957. The summed E-state index contributed by atoms with van der Waals surface area (Å²) in [5, 5.41) is 12.2. The van der Waals surface area contributed by atoms with Crippen LogP contribution in [-0.4, -0.2) is 33.5 Å². The first-order valence-corrected chi connectivity index (χ1v) is 10.5. The van der Waals surface area contributed by atoms with Gasteiger partial charge in [-0.15, -0.1) is 10.2 Å². The number of para-hydroxylation sites is 1. The predicted molar refractivity (Wildman–Crippen MR) is 117 cm³/mol. The molecule has 152 valence electrons. The fourth-order valence-electron chi connectivity index (χ4n) is 3.05. The van der Waals surface area contributed by atoms with Crippen molar-refractivity contribution in [2.24, 2.45) is 7.05 Å². The summed E-state index contributed by atoms with van der Waals surface area (Å²) in [4.78, 5) is 12.1. The zero-order valence-electron chi connectivity index (χ0n) is 17.0. The highest BCUT2D eigenvalue weighted by Gasteiger charge is 2.12. The molecule has 1 aromatic heterocycles. The Morgan fingerprint density at radius 1 is 1.14 bits per heavy atom. The normalized spacial score (nSPS) is 10.7. The highest BCUT2D eigenvalue weighted by Crippen LogP contribution is 2.20. The molecule has 0 atom stereocenters. The molecule has 0 saturated carbocycles. The average Bonchev–Trinajstić information content (AvgIpc) is 3.08. The van der Waals surface area contributed by atoms with E-state index < -0.39 is 0 Å². The Kier molecular flexibility index (Phi) is 7.30. The number of nitrogens with one attached hydrogen (secondary N) is 1. The van der Waals surface area contributed by atoms with Gasteiger partial charge in [0.15, 0.2) is 5.16 Å². The molecule has 0 aliphatic rings. The molecule has 6 nitrogen and oxygen atoms in total. The summed E-state index contributed by atoms with van der Waals surface area (Å²) in [6.07, 6.45) is 2.80. The third kappa shape index (κ3) is 5.84. The molecule has 0 fully saturated rings. The Morgan fingerprint density at radius 2 is 1.93 bits per heavy atom. The number of anilines is 1. The summed E-state index contributed by atoms with van der Waals surface area (Å²) >= 11 is 1.40. The monoisotopic (exact) mass is 410 g/mol. The highest BCUT2D eigenvalue weighted by molar-refractivity contribution is 7.99. The van der Waals surface area contributed by atoms with Gasteiger partial charge >= 0.3 is 0 Å². The van der Waals surface area contributed by atoms with E-state index in [2.05, 4.69) is 34.6 Å². The number of carbonyl (C=O) groups excluding carboxylic acids is 1. The van der Waals surface area contributed by atoms with E-state index in [9.17, 15) is 4.79 Å². The minimum Gasteiger partial charge on any atom is -0.497 e. The second-order valence-corrected chi connectivity index (χ2v) is 7.75. The molecule has 3 rings (SSSR count). The quantitative estimate of drug-likeness (QED) is 0.539. The Balaban J connectivity index is 1.48. The predicted octanol–water partition coefficient (Wildman–Crippen LogP) is 4.04. The lowest BCUT2D eigenvalue weighted by Crippen LogP contribution is -2.14. The number of carbonyl (C=O) groups is 1. The highest BCUT2D eigenvalue weighted by atomic mass is 32.2. The number of hydrogen-bond donors (Lipinski definition) is 1. The van der Waals surface area contributed by atoms with E-state index in [0.717, 1.165) is 41.7 Å². The maximum Gasteiger partial charge on any atom is 0.234 e. The van der Waals surface area contributed by atoms with Gasteiger partial charge in [0.1, 0.15) is 11.6 Å². The van der Waals surface area contributed by atoms with Crippen molar-refractivity contribution in [1.82, 2.24) is 14.8 Å². The third-order valence-corrected chi connectivity index (χ3v) is 5.73. The molecule has 0 aliphatic heterocycles. The van der Waals surface area contributed by atoms with Gasteiger partial charge in [-0.25, -0.2) is 0 Å². The van der Waals surface area contributed by atoms with Crippen LogP contribution in [0.15, 0.2) is 53.7 Å². The molecule has 0 radical (unpaired) electrons. The van der Waals surface area contributed by atoms with Gasteiger partial charge in [-0.05, 0) is 55.2 Å². The van der Waals surface area contributed by atoms with Crippen molar-refractivity contribution in [2.75, 3.05) is 18.2 Å². The minimum absolute atomic E-state index is 0.0549. The molecular weight excluding hydrogens is 384 g/mol. The first-order chi connectivity index (χ1) is 14.1. The zero-order chi connectivity index (χ0) is 20.6. The van der Waals surface area contributed by atoms with Gasteiger partial charge in [-0.2, -0.15) is 0 Å². The lowest BCUT2D eigenvalue weighted by atomic mass is 10.0. The zero-order valence-corrected chi connectivity index (χ0v) is 17.8. The van der Waals surface area contributed by atoms with E-state index in [4.69, 9.17) is 4.74 Å². The maximum absolute atomic E-state index is 12.1. The number of rotatable bonds is 9. The van der Waals surface area contributed by atoms with Crippen molar-refractivity contribution in [2.45, 2.75) is 31.3 Å². The van der Waals surface area contributed by atoms with Gasteiger partial charge < -0.3 is 14.6 Å². The summed E-state index contributed by atoms with van der Waals surface area (Å²) in [7, 11) is 3.63. The fraction of sp³-hybridized carbons (Fsp3) is 0.318. The largest absolute Gasteiger partial charge is 0.497 e. The van der Waals surface area contributed by atoms with Crippen LogP contribution in [0.2, 0.25) is 0 Å². The SMILES string of the molecule is COc1ccc(CCCc2nnc(SCC(=O)Nc3ccccc3)n2C)c(C)c1. The number of nitrogens with zero attached hydrogens (tertiary/aromatic N) is 3. The van der Waals surface area contributed by atoms with E-state index in [1.165, 1.54) is 22.9 Å². The molecule has 0 bridgehead atoms. The van der Waals surface area contributed by atoms with Crippen LogP contribution in [-0.2, 0) is 24.7 Å². The molecule has 7 heteroatoms. The number of methoxy groups -OCH3 is 1. The summed E-state index contributed by atoms with van der Waals surface area (Å²) in [6, 6.07) is 15.6. The van der Waals surface area contributed by atoms with E-state index in [1.807, 2.05) is 48.0 Å². The second kappa shape index (κ2) is 10.1. The van der Waals surface area contributed by atoms with Crippen molar-refractivity contribution < 1.29 is 9.53 Å². The van der Waals surface area contributed by atoms with Crippen LogP contribution < -0.4 is 10.1 Å². The van der Waals surface area contributed by atoms with Gasteiger partial charge in [0, 0.05) is 19.2 Å². The van der Waals surface area contributed by atoms with Crippen LogP contribution in [0.1, 0.15) is 23.4 Å². The first kappa shape index (κ1) is 20.9. The van der Waals surface area contributed by atoms with Crippen molar-refractivity contribution in [3.8, 4) is 5.75 Å². The third-order valence-electron chi connectivity index (χ3n) is 4.71. The van der Waals surface area contributed by atoms with E-state index in [0.29, 0.717) is 5.75 Å². The smallest absolute Gasteiger partial charge is 0.234 e. The number of benzene rings is 2. The molecule has 0 spiro atoms. The van der Waals surface area contributed by atoms with Crippen LogP contribution in [0.4, 0.5) is 5.69 Å². The topological polar surface area (TPSA) is 69.0 Å². The molecule has 0 aliphatic carbocycles. The molecule has 2 aromatic carbocycles. The van der Waals surface area contributed by atoms with Crippen molar-refractivity contribution in [3.05, 3.63) is 65.5 Å². The van der Waals surface area contributed by atoms with Crippen molar-refractivity contribution in [3.63, 3.8) is 0 Å². The molecule has 1 amide bonds. The number of ether oxygens (including phenoxy) is 1. The lowest BCUT2D eigenvalue weighted by molar-refractivity contribution is -0.113. The van der Waals surface area contributed by atoms with Crippen LogP contribution >= 0.6 is 11.8 Å². The molecule has 3 aromatic rings. The van der Waals surface area contributed by atoms with Gasteiger partial charge in [0.05, 0.1) is 12.9 Å². The number of hydrogen-bond acceptors (Lipinski definition) is 5. The van der Waals surface area contributed by atoms with Crippen LogP contribution in [0.3, 0.4) is 0 Å². The van der Waals surface area contributed by atoms with Crippen molar-refractivity contribution >= 4 is 23.4 Å². The average molecular weight is 411 g/mol. The summed E-state index contributed by atoms with van der Waals surface area (Å²) in [5.41, 5.74) is 3.36. The summed E-state index contributed by atoms with van der Waals surface area (Å²) < 4.78 is 7.24. The Hall–Kier alpha value is -2.80. The standard InChI is InChI=1S/C22H26N4O2S/c1-16-14-19(28-3)13-12-17(16)8-7-11-20-24-25-22(26(20)2)29-15-21(27)23-18-9-5-4-6-10-18/h4-6,9-10,12-14H,7-8,11,15H2,1-3H3,(H,23,27). The second-order valence-electron chi connectivity index (χ2n) is 6.81. The van der Waals surface area contributed by atoms with Gasteiger partial charge in [-0.1, -0.05) is 36.0 Å². The molecule has 0 unspecified atom stereocenters. The lowest BCUT2D eigenvalue weighted by Gasteiger charge is -2.08. The Morgan fingerprint density at radius 3 is 2.66 bits per heavy atom. The number of amides is 1. The number of thioether (sulfide) groups is 1. The minimum atomic E-state index is -0.0549. The molecule has 1 heterocycles. The number of aromatic nitrogens is 3. The number of aryl methyl sites for hydroxylation is 3. The van der Waals surface area contributed by atoms with Gasteiger partial charge in [0.25, 0.3) is 0 Å². The van der Waals surface area contributed by atoms with Crippen LogP contribution in [0.5, 0.6) is 5.75 Å². The maximum atomic E-state index is 12.1. The van der Waals surface area contributed by atoms with E-state index >= 15 is 0 Å². The summed E-state index contributed by atoms with van der Waals surface area (Å²) in [6.45, 7) is 2.11. The van der Waals surface area contributed by atoms with E-state index in [-0.39, 0.29) is 5.91 Å². The fourth-order valence-corrected chi connectivity index (χ4v) is 3.78. The molecule has 0 saturated heterocycles. The first-order valence-electron chi connectivity index (χ1n) is 9.56. The van der Waals surface area contributed by atoms with Crippen LogP contribution in [0, 0.1) is 6.92 Å². The molecule has 1 N–H and O–H groups in total. The van der Waals surface area contributed by atoms with Crippen LogP contribution in [0.25, 0.3) is 0 Å². The molecular formula is C22H26N4O2S. The van der Waals surface area contributed by atoms with E-state index in [1.54, 1.807) is 7.11 Å². The summed E-state index contributed by atoms with van der Waals surface area (Å²) in [5.74, 6) is 2.06. The van der Waals surface area contributed by atoms with Gasteiger partial charge in [0.2, 0.25) is 5.91 Å².